The van der Waals surface area contributed by atoms with Gasteiger partial charge in [0.2, 0.25) is 15.9 Å². The van der Waals surface area contributed by atoms with Gasteiger partial charge in [-0.2, -0.15) is 0 Å². The number of hydrogen-bond donors (Lipinski definition) is 1. The van der Waals surface area contributed by atoms with Crippen molar-refractivity contribution in [1.29, 1.82) is 0 Å². The Balaban J connectivity index is 1.34. The number of piperidine rings is 1. The van der Waals surface area contributed by atoms with Gasteiger partial charge in [-0.15, -0.1) is 0 Å². The molecular formula is C26H33FN2O3S. The van der Waals surface area contributed by atoms with Gasteiger partial charge < -0.3 is 5.32 Å². The number of nitrogens with one attached hydrogen (secondary N) is 1. The lowest BCUT2D eigenvalue weighted by Crippen LogP contribution is -2.44. The Morgan fingerprint density at radius 3 is 2.48 bits per heavy atom. The van der Waals surface area contributed by atoms with Crippen LogP contribution >= 0.6 is 0 Å². The van der Waals surface area contributed by atoms with Crippen LogP contribution in [0.3, 0.4) is 0 Å². The van der Waals surface area contributed by atoms with Crippen molar-refractivity contribution in [1.82, 2.24) is 9.62 Å². The summed E-state index contributed by atoms with van der Waals surface area (Å²) in [7, 11) is -3.63. The number of sulfonamides is 1. The zero-order valence-electron chi connectivity index (χ0n) is 19.2. The van der Waals surface area contributed by atoms with E-state index in [1.165, 1.54) is 40.4 Å². The second-order valence-electron chi connectivity index (χ2n) is 9.23. The maximum Gasteiger partial charge on any atom is 0.223 e. The second kappa shape index (κ2) is 10.3. The SMILES string of the molecule is CC[C@H](NC(=O)C1CCN(S(=O)(=O)Cc2ccccc2F)CC1)c1ccc2c(c1)CCCC2. The fourth-order valence-electron chi connectivity index (χ4n) is 4.98. The number of carbonyl (C=O) groups is 1. The normalized spacial score (nSPS) is 18.5. The zero-order chi connectivity index (χ0) is 23.4. The predicted molar refractivity (Wildman–Crippen MR) is 128 cm³/mol. The number of nitrogens with zero attached hydrogens (tertiary/aromatic N) is 1. The molecule has 33 heavy (non-hydrogen) atoms. The summed E-state index contributed by atoms with van der Waals surface area (Å²) in [6, 6.07) is 12.5. The summed E-state index contributed by atoms with van der Waals surface area (Å²) in [5.74, 6) is -1.09. The molecule has 7 heteroatoms. The van der Waals surface area contributed by atoms with Crippen LogP contribution in [0.25, 0.3) is 0 Å². The van der Waals surface area contributed by atoms with E-state index in [1.807, 2.05) is 0 Å². The first kappa shape index (κ1) is 23.9. The third kappa shape index (κ3) is 5.64. The molecule has 0 unspecified atom stereocenters. The van der Waals surface area contributed by atoms with Gasteiger partial charge in [0.15, 0.2) is 0 Å². The van der Waals surface area contributed by atoms with Crippen molar-refractivity contribution in [3.63, 3.8) is 0 Å². The van der Waals surface area contributed by atoms with Gasteiger partial charge in [-0.05, 0) is 67.7 Å². The van der Waals surface area contributed by atoms with E-state index >= 15 is 0 Å². The van der Waals surface area contributed by atoms with Crippen molar-refractivity contribution in [3.05, 3.63) is 70.5 Å². The van der Waals surface area contributed by atoms with Crippen molar-refractivity contribution in [2.24, 2.45) is 5.92 Å². The molecule has 5 nitrogen and oxygen atoms in total. The van der Waals surface area contributed by atoms with Gasteiger partial charge in [-0.1, -0.05) is 43.3 Å². The molecule has 1 fully saturated rings. The van der Waals surface area contributed by atoms with Crippen LogP contribution in [0.2, 0.25) is 0 Å². The van der Waals surface area contributed by atoms with Crippen molar-refractivity contribution in [3.8, 4) is 0 Å². The Morgan fingerprint density at radius 1 is 1.09 bits per heavy atom. The number of hydrogen-bond acceptors (Lipinski definition) is 3. The van der Waals surface area contributed by atoms with E-state index in [0.29, 0.717) is 12.8 Å². The van der Waals surface area contributed by atoms with Crippen LogP contribution in [-0.2, 0) is 33.4 Å². The first-order valence-electron chi connectivity index (χ1n) is 12.0. The summed E-state index contributed by atoms with van der Waals surface area (Å²) >= 11 is 0. The molecule has 178 valence electrons. The highest BCUT2D eigenvalue weighted by atomic mass is 32.2. The van der Waals surface area contributed by atoms with E-state index < -0.39 is 15.8 Å². The van der Waals surface area contributed by atoms with Gasteiger partial charge in [0, 0.05) is 24.6 Å². The Morgan fingerprint density at radius 2 is 1.79 bits per heavy atom. The second-order valence-corrected chi connectivity index (χ2v) is 11.2. The number of rotatable bonds is 7. The zero-order valence-corrected chi connectivity index (χ0v) is 20.0. The van der Waals surface area contributed by atoms with Crippen molar-refractivity contribution in [2.75, 3.05) is 13.1 Å². The van der Waals surface area contributed by atoms with E-state index in [-0.39, 0.29) is 42.3 Å². The summed E-state index contributed by atoms with van der Waals surface area (Å²) in [5, 5.41) is 3.20. The third-order valence-electron chi connectivity index (χ3n) is 7.01. The van der Waals surface area contributed by atoms with Crippen LogP contribution < -0.4 is 5.32 Å². The lowest BCUT2D eigenvalue weighted by atomic mass is 9.88. The minimum Gasteiger partial charge on any atom is -0.349 e. The number of carbonyl (C=O) groups excluding carboxylic acids is 1. The van der Waals surface area contributed by atoms with Crippen LogP contribution in [0.1, 0.15) is 67.3 Å². The molecule has 2 aliphatic rings. The van der Waals surface area contributed by atoms with Gasteiger partial charge in [0.25, 0.3) is 0 Å². The standard InChI is InChI=1S/C26H33FN2O3S/c1-2-25(22-12-11-19-7-3-4-8-21(19)17-22)28-26(30)20-13-15-29(16-14-20)33(31,32)18-23-9-5-6-10-24(23)27/h5-6,9-12,17,20,25H,2-4,7-8,13-16,18H2,1H3,(H,28,30)/t25-/m0/s1. The molecule has 0 saturated carbocycles. The highest BCUT2D eigenvalue weighted by Crippen LogP contribution is 2.28. The lowest BCUT2D eigenvalue weighted by molar-refractivity contribution is -0.126. The molecule has 2 aromatic carbocycles. The average Bonchev–Trinajstić information content (AvgIpc) is 2.83. The Hall–Kier alpha value is -2.25. The molecular weight excluding hydrogens is 439 g/mol. The maximum absolute atomic E-state index is 13.9. The van der Waals surface area contributed by atoms with Gasteiger partial charge in [-0.25, -0.2) is 17.1 Å². The van der Waals surface area contributed by atoms with Crippen molar-refractivity contribution >= 4 is 15.9 Å². The molecule has 1 aliphatic heterocycles. The van der Waals surface area contributed by atoms with E-state index in [4.69, 9.17) is 0 Å². The number of halogens is 1. The van der Waals surface area contributed by atoms with Crippen LogP contribution in [-0.4, -0.2) is 31.7 Å². The molecule has 1 saturated heterocycles. The predicted octanol–water partition coefficient (Wildman–Crippen LogP) is 4.51. The Kier molecular flexibility index (Phi) is 7.49. The molecule has 0 bridgehead atoms. The minimum absolute atomic E-state index is 0.00859. The van der Waals surface area contributed by atoms with E-state index in [1.54, 1.807) is 12.1 Å². The monoisotopic (exact) mass is 472 g/mol. The molecule has 0 aromatic heterocycles. The number of benzene rings is 2. The van der Waals surface area contributed by atoms with Gasteiger partial charge in [-0.3, -0.25) is 4.79 Å². The Bertz CT molecular complexity index is 1090. The highest BCUT2D eigenvalue weighted by molar-refractivity contribution is 7.88. The summed E-state index contributed by atoms with van der Waals surface area (Å²) in [6.07, 6.45) is 6.46. The Labute approximate surface area is 196 Å². The number of amides is 1. The van der Waals surface area contributed by atoms with Gasteiger partial charge in [0.1, 0.15) is 5.82 Å². The molecule has 1 amide bonds. The van der Waals surface area contributed by atoms with Crippen molar-refractivity contribution < 1.29 is 17.6 Å². The van der Waals surface area contributed by atoms with Crippen molar-refractivity contribution in [2.45, 2.75) is 63.7 Å². The smallest absolute Gasteiger partial charge is 0.223 e. The van der Waals surface area contributed by atoms with Gasteiger partial charge >= 0.3 is 0 Å². The van der Waals surface area contributed by atoms with Gasteiger partial charge in [0.05, 0.1) is 11.8 Å². The fourth-order valence-corrected chi connectivity index (χ4v) is 6.56. The average molecular weight is 473 g/mol. The van der Waals surface area contributed by atoms with E-state index in [0.717, 1.165) is 24.8 Å². The molecule has 1 aliphatic carbocycles. The van der Waals surface area contributed by atoms with Crippen LogP contribution in [0.4, 0.5) is 4.39 Å². The maximum atomic E-state index is 13.9. The van der Waals surface area contributed by atoms with Crippen LogP contribution in [0.5, 0.6) is 0 Å². The lowest BCUT2D eigenvalue weighted by Gasteiger charge is -2.31. The highest BCUT2D eigenvalue weighted by Gasteiger charge is 2.32. The molecule has 1 heterocycles. The molecule has 0 radical (unpaired) electrons. The first-order chi connectivity index (χ1) is 15.9. The first-order valence-corrected chi connectivity index (χ1v) is 13.6. The molecule has 1 N–H and O–H groups in total. The van der Waals surface area contributed by atoms with E-state index in [9.17, 15) is 17.6 Å². The molecule has 4 rings (SSSR count). The minimum atomic E-state index is -3.63. The fraction of sp³-hybridized carbons (Fsp3) is 0.500. The molecule has 2 aromatic rings. The largest absolute Gasteiger partial charge is 0.349 e. The number of fused-ring (bicyclic) bond motifs is 1. The number of aryl methyl sites for hydroxylation is 2. The third-order valence-corrected chi connectivity index (χ3v) is 8.84. The van der Waals surface area contributed by atoms with Crippen LogP contribution in [0.15, 0.2) is 42.5 Å². The van der Waals surface area contributed by atoms with Crippen LogP contribution in [0, 0.1) is 11.7 Å². The topological polar surface area (TPSA) is 66.5 Å². The summed E-state index contributed by atoms with van der Waals surface area (Å²) < 4.78 is 40.8. The van der Waals surface area contributed by atoms with E-state index in [2.05, 4.69) is 30.4 Å². The summed E-state index contributed by atoms with van der Waals surface area (Å²) in [6.45, 7) is 2.64. The summed E-state index contributed by atoms with van der Waals surface area (Å²) in [4.78, 5) is 13.0. The summed E-state index contributed by atoms with van der Waals surface area (Å²) in [5.41, 5.74) is 4.15. The quantitative estimate of drug-likeness (QED) is 0.645. The molecule has 0 spiro atoms. The molecule has 1 atom stereocenters.